The number of carbonyl (C=O) groups excluding carboxylic acids is 2. The second-order valence-electron chi connectivity index (χ2n) is 7.95. The van der Waals surface area contributed by atoms with E-state index in [0.717, 1.165) is 22.3 Å². The normalized spacial score (nSPS) is 14.0. The Kier molecular flexibility index (Phi) is 8.43. The predicted octanol–water partition coefficient (Wildman–Crippen LogP) is 3.30. The van der Waals surface area contributed by atoms with Gasteiger partial charge in [0.25, 0.3) is 0 Å². The van der Waals surface area contributed by atoms with Crippen molar-refractivity contribution in [3.8, 4) is 11.1 Å². The summed E-state index contributed by atoms with van der Waals surface area (Å²) in [5.74, 6) is -1.64. The molecule has 0 heterocycles. The molecule has 3 rings (SSSR count). The third kappa shape index (κ3) is 5.90. The molecule has 0 radical (unpaired) electrons. The molecule has 2 atom stereocenters. The zero-order valence-corrected chi connectivity index (χ0v) is 18.9. The van der Waals surface area contributed by atoms with Gasteiger partial charge in [-0.05, 0) is 28.7 Å². The molecule has 0 saturated heterocycles. The standard InChI is InChI=1S/C25H30N2O6/c1-3-8-21(24(29)30)27-23(28)22(32-2)13-14-26-25(31)33-15-20-18-11-6-4-9-16(18)17-10-5-7-12-19(17)20/h4-7,9-12,20-22H,3,8,13-15H2,1-2H3,(H,26,31)(H,27,28)(H,29,30). The zero-order chi connectivity index (χ0) is 23.8. The second-order valence-corrected chi connectivity index (χ2v) is 7.95. The van der Waals surface area contributed by atoms with Crippen molar-refractivity contribution in [3.05, 3.63) is 59.7 Å². The Morgan fingerprint density at radius 1 is 1.00 bits per heavy atom. The van der Waals surface area contributed by atoms with E-state index in [1.165, 1.54) is 7.11 Å². The summed E-state index contributed by atoms with van der Waals surface area (Å²) in [4.78, 5) is 35.8. The number of alkyl carbamates (subject to hydrolysis) is 1. The molecule has 0 saturated carbocycles. The van der Waals surface area contributed by atoms with Crippen LogP contribution < -0.4 is 10.6 Å². The minimum atomic E-state index is -1.09. The third-order valence-corrected chi connectivity index (χ3v) is 5.79. The molecule has 0 fully saturated rings. The molecule has 176 valence electrons. The molecular weight excluding hydrogens is 424 g/mol. The van der Waals surface area contributed by atoms with Gasteiger partial charge >= 0.3 is 12.1 Å². The first-order valence-corrected chi connectivity index (χ1v) is 11.1. The quantitative estimate of drug-likeness (QED) is 0.480. The highest BCUT2D eigenvalue weighted by Crippen LogP contribution is 2.44. The van der Waals surface area contributed by atoms with Crippen LogP contribution in [0, 0.1) is 0 Å². The van der Waals surface area contributed by atoms with Gasteiger partial charge < -0.3 is 25.2 Å². The highest BCUT2D eigenvalue weighted by atomic mass is 16.5. The van der Waals surface area contributed by atoms with Gasteiger partial charge in [-0.1, -0.05) is 61.9 Å². The fourth-order valence-corrected chi connectivity index (χ4v) is 4.12. The molecule has 0 aromatic heterocycles. The molecular formula is C25H30N2O6. The summed E-state index contributed by atoms with van der Waals surface area (Å²) in [5, 5.41) is 14.3. The van der Waals surface area contributed by atoms with E-state index in [-0.39, 0.29) is 25.5 Å². The van der Waals surface area contributed by atoms with Crippen molar-refractivity contribution in [1.82, 2.24) is 10.6 Å². The predicted molar refractivity (Wildman–Crippen MR) is 123 cm³/mol. The van der Waals surface area contributed by atoms with Crippen LogP contribution in [0.15, 0.2) is 48.5 Å². The summed E-state index contributed by atoms with van der Waals surface area (Å²) in [6.07, 6.45) is -0.322. The van der Waals surface area contributed by atoms with Gasteiger partial charge in [-0.15, -0.1) is 0 Å². The van der Waals surface area contributed by atoms with Gasteiger partial charge in [0.05, 0.1) is 0 Å². The number of aliphatic carboxylic acids is 1. The Bertz CT molecular complexity index is 947. The van der Waals surface area contributed by atoms with Gasteiger partial charge in [0, 0.05) is 26.0 Å². The van der Waals surface area contributed by atoms with E-state index in [1.54, 1.807) is 0 Å². The van der Waals surface area contributed by atoms with Crippen molar-refractivity contribution >= 4 is 18.0 Å². The number of methoxy groups -OCH3 is 1. The maximum Gasteiger partial charge on any atom is 0.407 e. The van der Waals surface area contributed by atoms with Crippen molar-refractivity contribution in [2.75, 3.05) is 20.3 Å². The molecule has 2 aromatic rings. The fraction of sp³-hybridized carbons (Fsp3) is 0.400. The van der Waals surface area contributed by atoms with E-state index in [2.05, 4.69) is 22.8 Å². The topological polar surface area (TPSA) is 114 Å². The SMILES string of the molecule is CCCC(NC(=O)C(CCNC(=O)OCC1c2ccccc2-c2ccccc21)OC)C(=O)O. The van der Waals surface area contributed by atoms with Crippen LogP contribution >= 0.6 is 0 Å². The lowest BCUT2D eigenvalue weighted by Crippen LogP contribution is -2.46. The molecule has 1 aliphatic rings. The lowest BCUT2D eigenvalue weighted by Gasteiger charge is -2.19. The van der Waals surface area contributed by atoms with E-state index < -0.39 is 30.1 Å². The van der Waals surface area contributed by atoms with Gasteiger partial charge in [0.1, 0.15) is 18.8 Å². The number of ether oxygens (including phenoxy) is 2. The number of carboxylic acids is 1. The molecule has 0 bridgehead atoms. The van der Waals surface area contributed by atoms with Gasteiger partial charge in [-0.2, -0.15) is 0 Å². The number of carbonyl (C=O) groups is 3. The average Bonchev–Trinajstić information content (AvgIpc) is 3.13. The van der Waals surface area contributed by atoms with E-state index in [1.807, 2.05) is 43.3 Å². The average molecular weight is 455 g/mol. The maximum atomic E-state index is 12.3. The van der Waals surface area contributed by atoms with Gasteiger partial charge in [0.2, 0.25) is 5.91 Å². The Balaban J connectivity index is 1.49. The van der Waals surface area contributed by atoms with Gasteiger partial charge in [-0.3, -0.25) is 4.79 Å². The summed E-state index contributed by atoms with van der Waals surface area (Å²) < 4.78 is 10.6. The van der Waals surface area contributed by atoms with Crippen LogP contribution in [-0.4, -0.2) is 55.5 Å². The molecule has 1 aliphatic carbocycles. The monoisotopic (exact) mass is 454 g/mol. The summed E-state index contributed by atoms with van der Waals surface area (Å²) in [6.45, 7) is 2.19. The molecule has 8 nitrogen and oxygen atoms in total. The molecule has 2 amide bonds. The molecule has 0 spiro atoms. The largest absolute Gasteiger partial charge is 0.480 e. The van der Waals surface area contributed by atoms with Crippen molar-refractivity contribution in [2.45, 2.75) is 44.2 Å². The molecule has 33 heavy (non-hydrogen) atoms. The highest BCUT2D eigenvalue weighted by molar-refractivity contribution is 5.86. The summed E-state index contributed by atoms with van der Waals surface area (Å²) in [5.41, 5.74) is 4.56. The number of nitrogens with one attached hydrogen (secondary N) is 2. The number of benzene rings is 2. The Morgan fingerprint density at radius 2 is 1.61 bits per heavy atom. The third-order valence-electron chi connectivity index (χ3n) is 5.79. The van der Waals surface area contributed by atoms with Crippen LogP contribution in [0.25, 0.3) is 11.1 Å². The van der Waals surface area contributed by atoms with Crippen molar-refractivity contribution in [3.63, 3.8) is 0 Å². The Hall–Kier alpha value is -3.39. The van der Waals surface area contributed by atoms with Crippen LogP contribution in [-0.2, 0) is 19.1 Å². The van der Waals surface area contributed by atoms with Crippen molar-refractivity contribution < 1.29 is 29.0 Å². The molecule has 0 aliphatic heterocycles. The summed E-state index contributed by atoms with van der Waals surface area (Å²) >= 11 is 0. The van der Waals surface area contributed by atoms with Crippen molar-refractivity contribution in [1.29, 1.82) is 0 Å². The van der Waals surface area contributed by atoms with Crippen LogP contribution in [0.2, 0.25) is 0 Å². The number of carboxylic acid groups (broad SMARTS) is 1. The minimum absolute atomic E-state index is 0.0350. The molecule has 3 N–H and O–H groups in total. The zero-order valence-electron chi connectivity index (χ0n) is 18.9. The first kappa shape index (κ1) is 24.3. The van der Waals surface area contributed by atoms with Crippen LogP contribution in [0.3, 0.4) is 0 Å². The number of amides is 2. The Morgan fingerprint density at radius 3 is 2.15 bits per heavy atom. The number of rotatable bonds is 11. The van der Waals surface area contributed by atoms with Crippen LogP contribution in [0.5, 0.6) is 0 Å². The van der Waals surface area contributed by atoms with E-state index >= 15 is 0 Å². The number of hydrogen-bond acceptors (Lipinski definition) is 5. The first-order valence-electron chi connectivity index (χ1n) is 11.1. The lowest BCUT2D eigenvalue weighted by atomic mass is 9.98. The fourth-order valence-electron chi connectivity index (χ4n) is 4.12. The second kappa shape index (κ2) is 11.5. The summed E-state index contributed by atoms with van der Waals surface area (Å²) in [7, 11) is 1.37. The highest BCUT2D eigenvalue weighted by Gasteiger charge is 2.29. The van der Waals surface area contributed by atoms with E-state index in [4.69, 9.17) is 9.47 Å². The molecule has 2 unspecified atom stereocenters. The lowest BCUT2D eigenvalue weighted by molar-refractivity contribution is -0.144. The van der Waals surface area contributed by atoms with Gasteiger partial charge in [0.15, 0.2) is 0 Å². The van der Waals surface area contributed by atoms with E-state index in [9.17, 15) is 19.5 Å². The van der Waals surface area contributed by atoms with Crippen LogP contribution in [0.4, 0.5) is 4.79 Å². The number of fused-ring (bicyclic) bond motifs is 3. The minimum Gasteiger partial charge on any atom is -0.480 e. The van der Waals surface area contributed by atoms with Gasteiger partial charge in [-0.25, -0.2) is 9.59 Å². The van der Waals surface area contributed by atoms with Crippen LogP contribution in [0.1, 0.15) is 43.2 Å². The molecule has 8 heteroatoms. The Labute approximate surface area is 193 Å². The smallest absolute Gasteiger partial charge is 0.407 e. The number of hydrogen-bond donors (Lipinski definition) is 3. The summed E-state index contributed by atoms with van der Waals surface area (Å²) in [6, 6.07) is 15.2. The molecule has 2 aromatic carbocycles. The maximum absolute atomic E-state index is 12.3. The van der Waals surface area contributed by atoms with E-state index in [0.29, 0.717) is 12.8 Å². The van der Waals surface area contributed by atoms with Crippen molar-refractivity contribution in [2.24, 2.45) is 0 Å². The first-order chi connectivity index (χ1) is 16.0.